The van der Waals surface area contributed by atoms with E-state index in [4.69, 9.17) is 4.99 Å². The summed E-state index contributed by atoms with van der Waals surface area (Å²) in [5, 5.41) is 8.67. The highest BCUT2D eigenvalue weighted by Gasteiger charge is 2.30. The Kier molecular flexibility index (Phi) is 9.31. The molecule has 0 saturated heterocycles. The van der Waals surface area contributed by atoms with E-state index >= 15 is 0 Å². The average molecular weight is 755 g/mol. The highest BCUT2D eigenvalue weighted by molar-refractivity contribution is 7.26. The third kappa shape index (κ3) is 7.08. The molecule has 0 spiro atoms. The Hall–Kier alpha value is -6.53. The Balaban J connectivity index is 0.969. The first kappa shape index (κ1) is 34.9. The number of nitrogens with one attached hydrogen (secondary N) is 2. The van der Waals surface area contributed by atoms with E-state index in [1.807, 2.05) is 11.3 Å². The zero-order valence-corrected chi connectivity index (χ0v) is 32.6. The molecule has 2 unspecified atom stereocenters. The summed E-state index contributed by atoms with van der Waals surface area (Å²) in [7, 11) is 0. The molecule has 7 aromatic carbocycles. The van der Waals surface area contributed by atoms with Crippen molar-refractivity contribution in [1.29, 1.82) is 0 Å². The fourth-order valence-corrected chi connectivity index (χ4v) is 9.51. The van der Waals surface area contributed by atoms with Crippen molar-refractivity contribution in [1.82, 2.24) is 10.4 Å². The molecule has 0 fully saturated rings. The fourth-order valence-electron chi connectivity index (χ4n) is 8.27. The number of rotatable bonds is 9. The van der Waals surface area contributed by atoms with E-state index in [-0.39, 0.29) is 6.17 Å². The lowest BCUT2D eigenvalue weighted by Gasteiger charge is -2.24. The minimum absolute atomic E-state index is 0.184. The summed E-state index contributed by atoms with van der Waals surface area (Å²) in [6.07, 6.45) is 5.50. The fraction of sp³-hybridized carbons (Fsp3) is 0.0962. The number of allylic oxidation sites excluding steroid dienone is 2. The van der Waals surface area contributed by atoms with Crippen LogP contribution in [0.4, 0.5) is 11.4 Å². The van der Waals surface area contributed by atoms with Gasteiger partial charge in [0.15, 0.2) is 0 Å². The normalized spacial score (nSPS) is 16.9. The molecule has 1 aromatic heterocycles. The van der Waals surface area contributed by atoms with E-state index in [1.165, 1.54) is 53.6 Å². The Morgan fingerprint density at radius 2 is 1.37 bits per heavy atom. The predicted octanol–water partition coefficient (Wildman–Crippen LogP) is 13.6. The topological polar surface area (TPSA) is 39.7 Å². The van der Waals surface area contributed by atoms with Gasteiger partial charge < -0.3 is 10.7 Å². The van der Waals surface area contributed by atoms with Gasteiger partial charge in [-0.1, -0.05) is 159 Å². The first-order valence-corrected chi connectivity index (χ1v) is 20.5. The number of hydrogen-bond acceptors (Lipinski definition) is 5. The van der Waals surface area contributed by atoms with Crippen LogP contribution in [0.15, 0.2) is 199 Å². The lowest BCUT2D eigenvalue weighted by Crippen LogP contribution is -2.37. The van der Waals surface area contributed by atoms with E-state index in [0.29, 0.717) is 5.92 Å². The van der Waals surface area contributed by atoms with E-state index < -0.39 is 0 Å². The highest BCUT2D eigenvalue weighted by atomic mass is 32.1. The average Bonchev–Trinajstić information content (AvgIpc) is 3.87. The number of hydrogen-bond donors (Lipinski definition) is 2. The maximum absolute atomic E-state index is 5.36. The van der Waals surface area contributed by atoms with Crippen molar-refractivity contribution >= 4 is 54.3 Å². The number of fused-ring (bicyclic) bond motifs is 3. The second-order valence-corrected chi connectivity index (χ2v) is 16.1. The van der Waals surface area contributed by atoms with Crippen LogP contribution in [0.1, 0.15) is 36.2 Å². The molecule has 5 heteroatoms. The van der Waals surface area contributed by atoms with Crippen molar-refractivity contribution in [2.24, 2.45) is 10.9 Å². The van der Waals surface area contributed by atoms with Crippen molar-refractivity contribution in [3.63, 3.8) is 0 Å². The minimum atomic E-state index is -0.184. The van der Waals surface area contributed by atoms with Gasteiger partial charge in [0.05, 0.1) is 0 Å². The van der Waals surface area contributed by atoms with Gasteiger partial charge in [0, 0.05) is 49.2 Å². The quantitative estimate of drug-likeness (QED) is 0.154. The van der Waals surface area contributed by atoms with Crippen LogP contribution in [0.3, 0.4) is 0 Å². The van der Waals surface area contributed by atoms with Crippen LogP contribution >= 0.6 is 11.3 Å². The Bertz CT molecular complexity index is 2800. The molecule has 0 radical (unpaired) electrons. The van der Waals surface area contributed by atoms with Crippen LogP contribution < -0.4 is 10.7 Å². The largest absolute Gasteiger partial charge is 0.355 e. The smallest absolute Gasteiger partial charge is 0.147 e. The Labute approximate surface area is 338 Å². The maximum Gasteiger partial charge on any atom is 0.147 e. The third-order valence-corrected chi connectivity index (χ3v) is 12.3. The maximum atomic E-state index is 5.36. The SMILES string of the molecule is CC1C=C(C2=NC(c3ccc(Nc4ccc(-c5cccc6c5sc5ccccc56)cc4-c4ccccc4)cc3)N(Cc3ccccc3)N2)C=C(c2ccccc2)C1. The number of anilines is 2. The number of nitrogens with zero attached hydrogens (tertiary/aromatic N) is 2. The monoisotopic (exact) mass is 754 g/mol. The zero-order valence-electron chi connectivity index (χ0n) is 31.8. The van der Waals surface area contributed by atoms with Crippen molar-refractivity contribution in [3.8, 4) is 22.3 Å². The summed E-state index contributed by atoms with van der Waals surface area (Å²) in [5.41, 5.74) is 16.7. The molecule has 1 aliphatic carbocycles. The summed E-state index contributed by atoms with van der Waals surface area (Å²) >= 11 is 1.87. The predicted molar refractivity (Wildman–Crippen MR) is 242 cm³/mol. The van der Waals surface area contributed by atoms with Gasteiger partial charge in [0.1, 0.15) is 12.0 Å². The molecular formula is C52H42N4S. The third-order valence-electron chi connectivity index (χ3n) is 11.1. The molecule has 2 N–H and O–H groups in total. The molecule has 10 rings (SSSR count). The number of benzene rings is 7. The van der Waals surface area contributed by atoms with E-state index in [9.17, 15) is 0 Å². The number of amidine groups is 1. The Morgan fingerprint density at radius 1 is 0.667 bits per heavy atom. The van der Waals surface area contributed by atoms with Gasteiger partial charge in [-0.05, 0) is 87.7 Å². The molecule has 8 aromatic rings. The summed E-state index contributed by atoms with van der Waals surface area (Å²) in [5.74, 6) is 1.33. The second-order valence-electron chi connectivity index (χ2n) is 15.1. The summed E-state index contributed by atoms with van der Waals surface area (Å²) in [6, 6.07) is 63.0. The molecule has 276 valence electrons. The van der Waals surface area contributed by atoms with Crippen LogP contribution in [0, 0.1) is 5.92 Å². The second kappa shape index (κ2) is 15.2. The standard InChI is InChI=1S/C52H42N4S/c1-35-30-41(37-16-7-3-8-17-37)32-42(31-35)51-54-52(56(55-51)34-36-14-5-2-6-15-36)39-24-27-43(28-25-39)53-48-29-26-40(33-47(48)38-18-9-4-10-19-38)44-21-13-22-46-45-20-11-12-23-49(45)57-50(44)46/h2-29,31-33,35,52-53H,30,34H2,1H3,(H,54,55). The molecule has 0 saturated carbocycles. The molecule has 2 heterocycles. The van der Waals surface area contributed by atoms with Gasteiger partial charge in [-0.25, -0.2) is 4.99 Å². The molecule has 0 amide bonds. The highest BCUT2D eigenvalue weighted by Crippen LogP contribution is 2.42. The molecule has 4 nitrogen and oxygen atoms in total. The van der Waals surface area contributed by atoms with E-state index in [1.54, 1.807) is 0 Å². The van der Waals surface area contributed by atoms with Crippen LogP contribution in [0.25, 0.3) is 48.0 Å². The van der Waals surface area contributed by atoms with Crippen LogP contribution in [0.2, 0.25) is 0 Å². The lowest BCUT2D eigenvalue weighted by molar-refractivity contribution is 0.181. The first-order valence-electron chi connectivity index (χ1n) is 19.7. The van der Waals surface area contributed by atoms with E-state index in [0.717, 1.165) is 46.9 Å². The van der Waals surface area contributed by atoms with Crippen LogP contribution in [0.5, 0.6) is 0 Å². The number of aliphatic imine (C=N–C) groups is 1. The van der Waals surface area contributed by atoms with Gasteiger partial charge in [-0.15, -0.1) is 11.3 Å². The van der Waals surface area contributed by atoms with Gasteiger partial charge in [0.25, 0.3) is 0 Å². The molecular weight excluding hydrogens is 713 g/mol. The van der Waals surface area contributed by atoms with Gasteiger partial charge in [-0.3, -0.25) is 0 Å². The zero-order chi connectivity index (χ0) is 38.1. The summed E-state index contributed by atoms with van der Waals surface area (Å²) in [4.78, 5) is 5.36. The van der Waals surface area contributed by atoms with Crippen molar-refractivity contribution in [2.75, 3.05) is 5.32 Å². The van der Waals surface area contributed by atoms with Gasteiger partial charge >= 0.3 is 0 Å². The van der Waals surface area contributed by atoms with Gasteiger partial charge in [-0.2, -0.15) is 5.01 Å². The first-order chi connectivity index (χ1) is 28.1. The number of thiophene rings is 1. The lowest BCUT2D eigenvalue weighted by atomic mass is 9.87. The van der Waals surface area contributed by atoms with Crippen molar-refractivity contribution in [2.45, 2.75) is 26.1 Å². The molecule has 2 aliphatic rings. The van der Waals surface area contributed by atoms with Crippen molar-refractivity contribution in [3.05, 3.63) is 210 Å². The van der Waals surface area contributed by atoms with E-state index in [2.05, 4.69) is 211 Å². The molecule has 2 atom stereocenters. The van der Waals surface area contributed by atoms with Crippen molar-refractivity contribution < 1.29 is 0 Å². The van der Waals surface area contributed by atoms with Crippen LogP contribution in [-0.2, 0) is 6.54 Å². The summed E-state index contributed by atoms with van der Waals surface area (Å²) < 4.78 is 2.64. The number of hydrazine groups is 1. The summed E-state index contributed by atoms with van der Waals surface area (Å²) in [6.45, 7) is 3.01. The molecule has 1 aliphatic heterocycles. The van der Waals surface area contributed by atoms with Crippen LogP contribution in [-0.4, -0.2) is 10.8 Å². The molecule has 0 bridgehead atoms. The molecule has 57 heavy (non-hydrogen) atoms. The van der Waals surface area contributed by atoms with Gasteiger partial charge in [0.2, 0.25) is 0 Å². The Morgan fingerprint density at radius 3 is 2.16 bits per heavy atom. The minimum Gasteiger partial charge on any atom is -0.355 e.